The van der Waals surface area contributed by atoms with Crippen molar-refractivity contribution in [1.29, 1.82) is 0 Å². The van der Waals surface area contributed by atoms with E-state index in [2.05, 4.69) is 44.1 Å². The number of hydrogen-bond acceptors (Lipinski definition) is 7. The molecule has 0 bridgehead atoms. The second-order valence-corrected chi connectivity index (χ2v) is 8.32. The fourth-order valence-electron chi connectivity index (χ4n) is 4.43. The Morgan fingerprint density at radius 3 is 2.36 bits per heavy atom. The Morgan fingerprint density at radius 1 is 0.909 bits per heavy atom. The number of phenolic OH excluding ortho intramolecular Hbond substituents is 1. The van der Waals surface area contributed by atoms with Gasteiger partial charge in [0.1, 0.15) is 23.7 Å². The van der Waals surface area contributed by atoms with Crippen LogP contribution in [0.2, 0.25) is 0 Å². The largest absolute Gasteiger partial charge is 0.508 e. The number of nitrogens with one attached hydrogen (secondary N) is 1. The van der Waals surface area contributed by atoms with Crippen molar-refractivity contribution in [2.75, 3.05) is 51.1 Å². The van der Waals surface area contributed by atoms with E-state index in [1.165, 1.54) is 0 Å². The number of benzene rings is 2. The molecule has 2 aromatic carbocycles. The highest BCUT2D eigenvalue weighted by Gasteiger charge is 2.22. The number of phenols is 1. The Hall–Kier alpha value is -3.42. The number of fused-ring (bicyclic) bond motifs is 1. The second kappa shape index (κ2) is 9.60. The SMILES string of the molecule is CCN1CCN(CCNc2ncnc3oc(-c4ccc(O)cc4)c(-c4ccccc4)c23)CC1. The third kappa shape index (κ3) is 4.55. The first-order valence-corrected chi connectivity index (χ1v) is 11.5. The van der Waals surface area contributed by atoms with Crippen LogP contribution < -0.4 is 5.32 Å². The van der Waals surface area contributed by atoms with Gasteiger partial charge in [0.15, 0.2) is 0 Å². The molecule has 33 heavy (non-hydrogen) atoms. The summed E-state index contributed by atoms with van der Waals surface area (Å²) in [6.45, 7) is 9.56. The average molecular weight is 444 g/mol. The molecule has 7 heteroatoms. The Bertz CT molecular complexity index is 1200. The number of piperazine rings is 1. The number of likely N-dealkylation sites (N-methyl/N-ethyl adjacent to an activating group) is 1. The van der Waals surface area contributed by atoms with Crippen molar-refractivity contribution in [1.82, 2.24) is 19.8 Å². The third-order valence-electron chi connectivity index (χ3n) is 6.31. The molecule has 2 aromatic heterocycles. The quantitative estimate of drug-likeness (QED) is 0.441. The lowest BCUT2D eigenvalue weighted by Gasteiger charge is -2.34. The van der Waals surface area contributed by atoms with E-state index in [-0.39, 0.29) is 5.75 Å². The molecule has 0 radical (unpaired) electrons. The second-order valence-electron chi connectivity index (χ2n) is 8.32. The highest BCUT2D eigenvalue weighted by molar-refractivity contribution is 6.05. The zero-order valence-electron chi connectivity index (χ0n) is 18.9. The average Bonchev–Trinajstić information content (AvgIpc) is 3.26. The molecule has 0 atom stereocenters. The minimum Gasteiger partial charge on any atom is -0.508 e. The van der Waals surface area contributed by atoms with Gasteiger partial charge in [0.25, 0.3) is 0 Å². The Balaban J connectivity index is 1.47. The maximum Gasteiger partial charge on any atom is 0.232 e. The summed E-state index contributed by atoms with van der Waals surface area (Å²) in [5.74, 6) is 1.72. The molecular formula is C26H29N5O2. The topological polar surface area (TPSA) is 77.7 Å². The van der Waals surface area contributed by atoms with E-state index in [0.717, 1.165) is 79.5 Å². The van der Waals surface area contributed by atoms with Crippen molar-refractivity contribution in [2.24, 2.45) is 0 Å². The lowest BCUT2D eigenvalue weighted by Crippen LogP contribution is -2.47. The molecule has 0 amide bonds. The maximum atomic E-state index is 9.74. The smallest absolute Gasteiger partial charge is 0.232 e. The van der Waals surface area contributed by atoms with E-state index in [1.54, 1.807) is 18.5 Å². The summed E-state index contributed by atoms with van der Waals surface area (Å²) in [6.07, 6.45) is 1.55. The van der Waals surface area contributed by atoms with Crippen LogP contribution in [-0.4, -0.2) is 70.7 Å². The molecule has 0 saturated carbocycles. The first-order valence-electron chi connectivity index (χ1n) is 11.5. The molecule has 0 spiro atoms. The Labute approximate surface area is 193 Å². The van der Waals surface area contributed by atoms with Gasteiger partial charge in [-0.2, -0.15) is 0 Å². The summed E-state index contributed by atoms with van der Waals surface area (Å²) >= 11 is 0. The maximum absolute atomic E-state index is 9.74. The van der Waals surface area contributed by atoms with Crippen LogP contribution in [0.4, 0.5) is 5.82 Å². The predicted octanol–water partition coefficient (Wildman–Crippen LogP) is 4.31. The molecule has 0 aliphatic carbocycles. The highest BCUT2D eigenvalue weighted by Crippen LogP contribution is 2.42. The van der Waals surface area contributed by atoms with Crippen LogP contribution in [0.25, 0.3) is 33.6 Å². The third-order valence-corrected chi connectivity index (χ3v) is 6.31. The fraction of sp³-hybridized carbons (Fsp3) is 0.308. The number of anilines is 1. The van der Waals surface area contributed by atoms with Crippen molar-refractivity contribution in [3.05, 3.63) is 60.9 Å². The molecule has 5 rings (SSSR count). The number of rotatable bonds is 7. The summed E-state index contributed by atoms with van der Waals surface area (Å²) in [6, 6.07) is 17.2. The lowest BCUT2D eigenvalue weighted by molar-refractivity contribution is 0.141. The van der Waals surface area contributed by atoms with Crippen molar-refractivity contribution >= 4 is 16.9 Å². The Morgan fingerprint density at radius 2 is 1.64 bits per heavy atom. The summed E-state index contributed by atoms with van der Waals surface area (Å²) in [7, 11) is 0. The van der Waals surface area contributed by atoms with Gasteiger partial charge >= 0.3 is 0 Å². The van der Waals surface area contributed by atoms with Gasteiger partial charge in [0, 0.05) is 50.4 Å². The van der Waals surface area contributed by atoms with Gasteiger partial charge in [-0.3, -0.25) is 4.90 Å². The van der Waals surface area contributed by atoms with E-state index in [0.29, 0.717) is 5.71 Å². The molecule has 7 nitrogen and oxygen atoms in total. The van der Waals surface area contributed by atoms with E-state index in [9.17, 15) is 5.11 Å². The van der Waals surface area contributed by atoms with Gasteiger partial charge in [-0.25, -0.2) is 9.97 Å². The van der Waals surface area contributed by atoms with Crippen molar-refractivity contribution in [3.8, 4) is 28.2 Å². The number of hydrogen-bond donors (Lipinski definition) is 2. The molecule has 1 aliphatic rings. The first-order chi connectivity index (χ1) is 16.2. The molecular weight excluding hydrogens is 414 g/mol. The van der Waals surface area contributed by atoms with Crippen LogP contribution in [0.3, 0.4) is 0 Å². The summed E-state index contributed by atoms with van der Waals surface area (Å²) in [4.78, 5) is 14.0. The summed E-state index contributed by atoms with van der Waals surface area (Å²) in [5.41, 5.74) is 3.42. The molecule has 1 aliphatic heterocycles. The zero-order chi connectivity index (χ0) is 22.6. The monoisotopic (exact) mass is 443 g/mol. The normalized spacial score (nSPS) is 15.2. The van der Waals surface area contributed by atoms with E-state index in [4.69, 9.17) is 4.42 Å². The van der Waals surface area contributed by atoms with E-state index >= 15 is 0 Å². The molecule has 1 fully saturated rings. The first kappa shape index (κ1) is 21.4. The summed E-state index contributed by atoms with van der Waals surface area (Å²) in [5, 5.41) is 14.2. The van der Waals surface area contributed by atoms with Crippen LogP contribution in [0, 0.1) is 0 Å². The molecule has 1 saturated heterocycles. The van der Waals surface area contributed by atoms with Crippen LogP contribution >= 0.6 is 0 Å². The van der Waals surface area contributed by atoms with Crippen molar-refractivity contribution in [3.63, 3.8) is 0 Å². The van der Waals surface area contributed by atoms with Gasteiger partial charge in [-0.15, -0.1) is 0 Å². The van der Waals surface area contributed by atoms with Crippen LogP contribution in [0.5, 0.6) is 5.75 Å². The molecule has 3 heterocycles. The zero-order valence-corrected chi connectivity index (χ0v) is 18.9. The fourth-order valence-corrected chi connectivity index (χ4v) is 4.43. The number of aromatic nitrogens is 2. The number of furan rings is 1. The van der Waals surface area contributed by atoms with Gasteiger partial charge in [0.05, 0.1) is 5.39 Å². The lowest BCUT2D eigenvalue weighted by atomic mass is 9.99. The molecule has 4 aromatic rings. The van der Waals surface area contributed by atoms with Gasteiger partial charge in [-0.05, 0) is 36.4 Å². The molecule has 2 N–H and O–H groups in total. The van der Waals surface area contributed by atoms with Gasteiger partial charge in [0.2, 0.25) is 5.71 Å². The van der Waals surface area contributed by atoms with Gasteiger partial charge in [-0.1, -0.05) is 37.3 Å². The van der Waals surface area contributed by atoms with Crippen LogP contribution in [0.15, 0.2) is 65.3 Å². The van der Waals surface area contributed by atoms with Crippen LogP contribution in [0.1, 0.15) is 6.92 Å². The predicted molar refractivity (Wildman–Crippen MR) is 131 cm³/mol. The molecule has 170 valence electrons. The van der Waals surface area contributed by atoms with Crippen molar-refractivity contribution < 1.29 is 9.52 Å². The number of nitrogens with zero attached hydrogens (tertiary/aromatic N) is 4. The Kier molecular flexibility index (Phi) is 6.24. The van der Waals surface area contributed by atoms with Crippen LogP contribution in [-0.2, 0) is 0 Å². The molecule has 0 unspecified atom stereocenters. The van der Waals surface area contributed by atoms with Gasteiger partial charge < -0.3 is 19.7 Å². The van der Waals surface area contributed by atoms with E-state index in [1.807, 2.05) is 30.3 Å². The number of aromatic hydroxyl groups is 1. The summed E-state index contributed by atoms with van der Waals surface area (Å²) < 4.78 is 6.25. The van der Waals surface area contributed by atoms with E-state index < -0.39 is 0 Å². The minimum atomic E-state index is 0.220. The van der Waals surface area contributed by atoms with Crippen molar-refractivity contribution in [2.45, 2.75) is 6.92 Å². The minimum absolute atomic E-state index is 0.220. The highest BCUT2D eigenvalue weighted by atomic mass is 16.3. The standard InChI is InChI=1S/C26H29N5O2/c1-2-30-14-16-31(17-15-30)13-12-27-25-23-22(19-6-4-3-5-7-19)24(33-26(23)29-18-28-25)20-8-10-21(32)11-9-20/h3-11,18,32H,2,12-17H2,1H3,(H,27,28,29).